The van der Waals surface area contributed by atoms with Crippen molar-refractivity contribution < 1.29 is 5.11 Å². The summed E-state index contributed by atoms with van der Waals surface area (Å²) in [5, 5.41) is 13.7. The number of aryl methyl sites for hydroxylation is 1. The minimum Gasteiger partial charge on any atom is -0.394 e. The molecule has 2 N–H and O–H groups in total. The fraction of sp³-hybridized carbons (Fsp3) is 0.438. The predicted octanol–water partition coefficient (Wildman–Crippen LogP) is 1.91. The first-order chi connectivity index (χ1) is 9.82. The summed E-state index contributed by atoms with van der Waals surface area (Å²) >= 11 is 0. The molecule has 1 atom stereocenters. The van der Waals surface area contributed by atoms with Gasteiger partial charge in [0.1, 0.15) is 0 Å². The molecule has 20 heavy (non-hydrogen) atoms. The Balaban J connectivity index is 1.81. The number of aromatic nitrogens is 2. The highest BCUT2D eigenvalue weighted by Gasteiger charge is 2.36. The van der Waals surface area contributed by atoms with Gasteiger partial charge >= 0.3 is 0 Å². The molecule has 2 aromatic rings. The molecule has 0 aliphatic heterocycles. The van der Waals surface area contributed by atoms with Crippen LogP contribution in [0.2, 0.25) is 0 Å². The topological polar surface area (TPSA) is 50.1 Å². The summed E-state index contributed by atoms with van der Waals surface area (Å²) < 4.78 is 2.06. The van der Waals surface area contributed by atoms with Gasteiger partial charge in [-0.3, -0.25) is 0 Å². The SMILES string of the molecule is OCC(CCn1ccnc1)(NC1CC1)c1ccccc1. The number of benzene rings is 1. The van der Waals surface area contributed by atoms with Crippen LogP contribution in [0.25, 0.3) is 0 Å². The van der Waals surface area contributed by atoms with Crippen molar-refractivity contribution >= 4 is 0 Å². The van der Waals surface area contributed by atoms with Crippen molar-refractivity contribution in [1.29, 1.82) is 0 Å². The van der Waals surface area contributed by atoms with Gasteiger partial charge in [-0.15, -0.1) is 0 Å². The van der Waals surface area contributed by atoms with Gasteiger partial charge in [0.25, 0.3) is 0 Å². The van der Waals surface area contributed by atoms with Gasteiger partial charge in [0.2, 0.25) is 0 Å². The third-order valence-corrected chi connectivity index (χ3v) is 4.01. The van der Waals surface area contributed by atoms with Crippen LogP contribution >= 0.6 is 0 Å². The number of imidazole rings is 1. The second-order valence-electron chi connectivity index (χ2n) is 5.58. The first-order valence-electron chi connectivity index (χ1n) is 7.22. The second kappa shape index (κ2) is 5.77. The average Bonchev–Trinajstić information content (AvgIpc) is 3.16. The number of nitrogens with zero attached hydrogens (tertiary/aromatic N) is 2. The van der Waals surface area contributed by atoms with Gasteiger partial charge in [-0.2, -0.15) is 0 Å². The van der Waals surface area contributed by atoms with Gasteiger partial charge in [-0.25, -0.2) is 4.98 Å². The molecule has 1 aliphatic rings. The van der Waals surface area contributed by atoms with E-state index in [0.29, 0.717) is 6.04 Å². The number of aliphatic hydroxyl groups is 1. The maximum absolute atomic E-state index is 10.0. The van der Waals surface area contributed by atoms with Crippen LogP contribution in [0.3, 0.4) is 0 Å². The third-order valence-electron chi connectivity index (χ3n) is 4.01. The average molecular weight is 271 g/mol. The lowest BCUT2D eigenvalue weighted by Crippen LogP contribution is -2.47. The molecule has 0 saturated heterocycles. The van der Waals surface area contributed by atoms with Gasteiger partial charge in [-0.05, 0) is 24.8 Å². The molecular formula is C16H21N3O. The Bertz CT molecular complexity index is 522. The van der Waals surface area contributed by atoms with Crippen molar-refractivity contribution in [3.8, 4) is 0 Å². The van der Waals surface area contributed by atoms with E-state index in [9.17, 15) is 5.11 Å². The van der Waals surface area contributed by atoms with Crippen molar-refractivity contribution in [2.45, 2.75) is 37.4 Å². The second-order valence-corrected chi connectivity index (χ2v) is 5.58. The van der Waals surface area contributed by atoms with Crippen LogP contribution in [0.15, 0.2) is 49.1 Å². The lowest BCUT2D eigenvalue weighted by atomic mass is 9.87. The molecule has 1 saturated carbocycles. The molecular weight excluding hydrogens is 250 g/mol. The van der Waals surface area contributed by atoms with E-state index in [0.717, 1.165) is 18.5 Å². The smallest absolute Gasteiger partial charge is 0.0945 e. The zero-order chi connectivity index (χ0) is 13.8. The zero-order valence-corrected chi connectivity index (χ0v) is 11.6. The molecule has 4 nitrogen and oxygen atoms in total. The summed E-state index contributed by atoms with van der Waals surface area (Å²) in [6, 6.07) is 10.8. The Hall–Kier alpha value is -1.65. The van der Waals surface area contributed by atoms with E-state index >= 15 is 0 Å². The van der Waals surface area contributed by atoms with E-state index in [1.54, 1.807) is 6.20 Å². The largest absolute Gasteiger partial charge is 0.394 e. The number of rotatable bonds is 7. The fourth-order valence-electron chi connectivity index (χ4n) is 2.63. The van der Waals surface area contributed by atoms with E-state index in [1.807, 2.05) is 30.7 Å². The van der Waals surface area contributed by atoms with Crippen LogP contribution in [0.1, 0.15) is 24.8 Å². The summed E-state index contributed by atoms with van der Waals surface area (Å²) in [6.07, 6.45) is 8.84. The maximum atomic E-state index is 10.0. The van der Waals surface area contributed by atoms with E-state index < -0.39 is 0 Å². The minimum absolute atomic E-state index is 0.113. The van der Waals surface area contributed by atoms with Crippen molar-refractivity contribution in [3.63, 3.8) is 0 Å². The van der Waals surface area contributed by atoms with Gasteiger partial charge in [-0.1, -0.05) is 30.3 Å². The summed E-state index contributed by atoms with van der Waals surface area (Å²) in [7, 11) is 0. The highest BCUT2D eigenvalue weighted by molar-refractivity contribution is 5.25. The first kappa shape index (κ1) is 13.3. The number of hydrogen-bond acceptors (Lipinski definition) is 3. The van der Waals surface area contributed by atoms with E-state index in [1.165, 1.54) is 12.8 Å². The first-order valence-corrected chi connectivity index (χ1v) is 7.22. The minimum atomic E-state index is -0.354. The van der Waals surface area contributed by atoms with Gasteiger partial charge < -0.3 is 15.0 Å². The Labute approximate surface area is 119 Å². The quantitative estimate of drug-likeness (QED) is 0.809. The third kappa shape index (κ3) is 2.92. The summed E-state index contributed by atoms with van der Waals surface area (Å²) in [6.45, 7) is 0.956. The van der Waals surface area contributed by atoms with Crippen molar-refractivity contribution in [2.75, 3.05) is 6.61 Å². The number of hydrogen-bond donors (Lipinski definition) is 2. The van der Waals surface area contributed by atoms with Crippen molar-refractivity contribution in [1.82, 2.24) is 14.9 Å². The zero-order valence-electron chi connectivity index (χ0n) is 11.6. The van der Waals surface area contributed by atoms with Crippen molar-refractivity contribution in [2.24, 2.45) is 0 Å². The van der Waals surface area contributed by atoms with Crippen molar-refractivity contribution in [3.05, 3.63) is 54.6 Å². The van der Waals surface area contributed by atoms with Gasteiger partial charge in [0, 0.05) is 25.0 Å². The van der Waals surface area contributed by atoms with Crippen LogP contribution < -0.4 is 5.32 Å². The highest BCUT2D eigenvalue weighted by atomic mass is 16.3. The van der Waals surface area contributed by atoms with Crippen LogP contribution in [0.5, 0.6) is 0 Å². The summed E-state index contributed by atoms with van der Waals surface area (Å²) in [5.41, 5.74) is 0.807. The van der Waals surface area contributed by atoms with Crippen LogP contribution in [0.4, 0.5) is 0 Å². The Morgan fingerprint density at radius 1 is 1.30 bits per heavy atom. The fourth-order valence-corrected chi connectivity index (χ4v) is 2.63. The molecule has 1 fully saturated rings. The normalized spacial score (nSPS) is 17.9. The van der Waals surface area contributed by atoms with Gasteiger partial charge in [0.15, 0.2) is 0 Å². The molecule has 4 heteroatoms. The van der Waals surface area contributed by atoms with E-state index in [2.05, 4.69) is 27.0 Å². The van der Waals surface area contributed by atoms with E-state index in [-0.39, 0.29) is 12.1 Å². The molecule has 0 amide bonds. The molecule has 3 rings (SSSR count). The lowest BCUT2D eigenvalue weighted by molar-refractivity contribution is 0.143. The molecule has 0 bridgehead atoms. The molecule has 1 aromatic carbocycles. The number of nitrogens with one attached hydrogen (secondary N) is 1. The molecule has 0 spiro atoms. The predicted molar refractivity (Wildman–Crippen MR) is 78.2 cm³/mol. The summed E-state index contributed by atoms with van der Waals surface area (Å²) in [4.78, 5) is 4.07. The van der Waals surface area contributed by atoms with Crippen LogP contribution in [-0.2, 0) is 12.1 Å². The lowest BCUT2D eigenvalue weighted by Gasteiger charge is -2.34. The monoisotopic (exact) mass is 271 g/mol. The van der Waals surface area contributed by atoms with Crippen LogP contribution in [0, 0.1) is 0 Å². The molecule has 0 radical (unpaired) electrons. The van der Waals surface area contributed by atoms with Gasteiger partial charge in [0.05, 0.1) is 18.5 Å². The van der Waals surface area contributed by atoms with E-state index in [4.69, 9.17) is 0 Å². The Morgan fingerprint density at radius 3 is 2.70 bits per heavy atom. The molecule has 1 aliphatic carbocycles. The summed E-state index contributed by atoms with van der Waals surface area (Å²) in [5.74, 6) is 0. The molecule has 106 valence electrons. The molecule has 1 heterocycles. The maximum Gasteiger partial charge on any atom is 0.0945 e. The highest BCUT2D eigenvalue weighted by Crippen LogP contribution is 2.31. The molecule has 1 unspecified atom stereocenters. The Morgan fingerprint density at radius 2 is 2.10 bits per heavy atom. The van der Waals surface area contributed by atoms with Crippen LogP contribution in [-0.4, -0.2) is 27.3 Å². The Kier molecular flexibility index (Phi) is 3.85. The number of aliphatic hydroxyl groups excluding tert-OH is 1. The molecule has 1 aromatic heterocycles. The standard InChI is InChI=1S/C16H21N3O/c20-12-16(18-15-6-7-15,14-4-2-1-3-5-14)8-10-19-11-9-17-13-19/h1-5,9,11,13,15,18,20H,6-8,10,12H2.